The zero-order valence-electron chi connectivity index (χ0n) is 17.4. The molecule has 0 aliphatic rings. The van der Waals surface area contributed by atoms with Gasteiger partial charge < -0.3 is 32.5 Å². The smallest absolute Gasteiger partial charge is 0.326 e. The summed E-state index contributed by atoms with van der Waals surface area (Å²) >= 11 is 0. The van der Waals surface area contributed by atoms with E-state index >= 15 is 0 Å². The van der Waals surface area contributed by atoms with Crippen molar-refractivity contribution < 1.29 is 29.1 Å². The van der Waals surface area contributed by atoms with Crippen molar-refractivity contribution in [3.8, 4) is 0 Å². The predicted octanol–water partition coefficient (Wildman–Crippen LogP) is -1.55. The number of carbonyl (C=O) groups excluding carboxylic acids is 4. The maximum atomic E-state index is 12.4. The van der Waals surface area contributed by atoms with E-state index in [2.05, 4.69) is 16.0 Å². The Morgan fingerprint density at radius 1 is 0.966 bits per heavy atom. The molecule has 11 heteroatoms. The number of carbonyl (C=O) groups is 5. The van der Waals surface area contributed by atoms with E-state index in [1.54, 1.807) is 13.8 Å². The van der Waals surface area contributed by atoms with E-state index in [1.807, 2.05) is 13.8 Å². The Balaban J connectivity index is 4.93. The highest BCUT2D eigenvalue weighted by molar-refractivity contribution is 5.92. The lowest BCUT2D eigenvalue weighted by Crippen LogP contribution is -2.55. The van der Waals surface area contributed by atoms with Crippen molar-refractivity contribution in [3.63, 3.8) is 0 Å². The Morgan fingerprint density at radius 3 is 2.00 bits per heavy atom. The van der Waals surface area contributed by atoms with Gasteiger partial charge in [-0.25, -0.2) is 4.79 Å². The first-order chi connectivity index (χ1) is 13.3. The molecule has 0 heterocycles. The van der Waals surface area contributed by atoms with Crippen LogP contribution in [-0.4, -0.2) is 59.4 Å². The van der Waals surface area contributed by atoms with Crippen molar-refractivity contribution in [2.75, 3.05) is 6.54 Å². The van der Waals surface area contributed by atoms with Crippen LogP contribution in [0, 0.1) is 11.8 Å². The van der Waals surface area contributed by atoms with Crippen LogP contribution in [0.3, 0.4) is 0 Å². The van der Waals surface area contributed by atoms with Gasteiger partial charge in [0.25, 0.3) is 0 Å². The fourth-order valence-corrected chi connectivity index (χ4v) is 2.48. The van der Waals surface area contributed by atoms with Gasteiger partial charge in [-0.1, -0.05) is 27.7 Å². The van der Waals surface area contributed by atoms with Gasteiger partial charge in [0.1, 0.15) is 12.1 Å². The Labute approximate surface area is 170 Å². The number of primary amides is 1. The highest BCUT2D eigenvalue weighted by Crippen LogP contribution is 2.05. The van der Waals surface area contributed by atoms with Crippen LogP contribution >= 0.6 is 0 Å². The highest BCUT2D eigenvalue weighted by Gasteiger charge is 2.28. The molecule has 3 atom stereocenters. The average molecular weight is 415 g/mol. The SMILES string of the molecule is CC(C)CC(N)C(=O)NCC(=O)NC(CCC(N)=O)C(=O)NC(C(=O)O)C(C)C. The molecule has 166 valence electrons. The van der Waals surface area contributed by atoms with Crippen LogP contribution < -0.4 is 27.4 Å². The number of nitrogens with two attached hydrogens (primary N) is 2. The molecule has 8 N–H and O–H groups in total. The van der Waals surface area contributed by atoms with E-state index in [-0.39, 0.29) is 18.8 Å². The van der Waals surface area contributed by atoms with Crippen molar-refractivity contribution in [2.45, 2.75) is 65.1 Å². The second kappa shape index (κ2) is 12.7. The Kier molecular flexibility index (Phi) is 11.5. The molecule has 0 aromatic carbocycles. The third-order valence-corrected chi connectivity index (χ3v) is 4.05. The second-order valence-electron chi connectivity index (χ2n) is 7.65. The quantitative estimate of drug-likeness (QED) is 0.209. The van der Waals surface area contributed by atoms with Crippen molar-refractivity contribution in [1.82, 2.24) is 16.0 Å². The fourth-order valence-electron chi connectivity index (χ4n) is 2.48. The van der Waals surface area contributed by atoms with Gasteiger partial charge in [-0.2, -0.15) is 0 Å². The number of carboxylic acids is 1. The maximum absolute atomic E-state index is 12.4. The van der Waals surface area contributed by atoms with Gasteiger partial charge in [0.05, 0.1) is 12.6 Å². The maximum Gasteiger partial charge on any atom is 0.326 e. The first-order valence-electron chi connectivity index (χ1n) is 9.49. The largest absolute Gasteiger partial charge is 0.480 e. The first kappa shape index (κ1) is 26.3. The van der Waals surface area contributed by atoms with Gasteiger partial charge in [0.15, 0.2) is 0 Å². The molecule has 0 saturated carbocycles. The molecule has 0 aromatic rings. The summed E-state index contributed by atoms with van der Waals surface area (Å²) in [4.78, 5) is 58.8. The number of nitrogens with one attached hydrogen (secondary N) is 3. The van der Waals surface area contributed by atoms with Crippen LogP contribution in [0.2, 0.25) is 0 Å². The molecule has 0 bridgehead atoms. The summed E-state index contributed by atoms with van der Waals surface area (Å²) in [5.74, 6) is -4.04. The fraction of sp³-hybridized carbons (Fsp3) is 0.722. The molecule has 29 heavy (non-hydrogen) atoms. The zero-order chi connectivity index (χ0) is 22.7. The number of amides is 4. The summed E-state index contributed by atoms with van der Waals surface area (Å²) in [5, 5.41) is 16.3. The van der Waals surface area contributed by atoms with E-state index in [1.165, 1.54) is 0 Å². The summed E-state index contributed by atoms with van der Waals surface area (Å²) in [6.45, 7) is 6.63. The second-order valence-corrected chi connectivity index (χ2v) is 7.65. The van der Waals surface area contributed by atoms with E-state index in [0.717, 1.165) is 0 Å². The van der Waals surface area contributed by atoms with Crippen LogP contribution in [0.5, 0.6) is 0 Å². The minimum absolute atomic E-state index is 0.113. The van der Waals surface area contributed by atoms with E-state index in [4.69, 9.17) is 11.5 Å². The number of aliphatic carboxylic acids is 1. The summed E-state index contributed by atoms with van der Waals surface area (Å²) in [6, 6.07) is -3.11. The van der Waals surface area contributed by atoms with Crippen molar-refractivity contribution >= 4 is 29.6 Å². The van der Waals surface area contributed by atoms with Crippen LogP contribution in [0.25, 0.3) is 0 Å². The van der Waals surface area contributed by atoms with E-state index in [9.17, 15) is 29.1 Å². The summed E-state index contributed by atoms with van der Waals surface area (Å²) in [6.07, 6.45) is 0.143. The van der Waals surface area contributed by atoms with Gasteiger partial charge in [-0.05, 0) is 24.7 Å². The van der Waals surface area contributed by atoms with Gasteiger partial charge in [-0.15, -0.1) is 0 Å². The van der Waals surface area contributed by atoms with Crippen LogP contribution in [0.4, 0.5) is 0 Å². The summed E-state index contributed by atoms with van der Waals surface area (Å²) < 4.78 is 0. The van der Waals surface area contributed by atoms with E-state index < -0.39 is 60.2 Å². The van der Waals surface area contributed by atoms with Crippen molar-refractivity contribution in [1.29, 1.82) is 0 Å². The van der Waals surface area contributed by atoms with Crippen LogP contribution in [-0.2, 0) is 24.0 Å². The molecule has 0 aliphatic heterocycles. The zero-order valence-corrected chi connectivity index (χ0v) is 17.4. The molecule has 4 amide bonds. The minimum atomic E-state index is -1.22. The van der Waals surface area contributed by atoms with Crippen molar-refractivity contribution in [3.05, 3.63) is 0 Å². The van der Waals surface area contributed by atoms with Crippen molar-refractivity contribution in [2.24, 2.45) is 23.3 Å². The Bertz CT molecular complexity index is 608. The first-order valence-corrected chi connectivity index (χ1v) is 9.49. The monoisotopic (exact) mass is 415 g/mol. The van der Waals surface area contributed by atoms with Gasteiger partial charge >= 0.3 is 5.97 Å². The molecule has 0 aromatic heterocycles. The molecule has 0 rings (SSSR count). The number of rotatable bonds is 13. The molecule has 0 saturated heterocycles. The Hall–Kier alpha value is -2.69. The molecule has 0 spiro atoms. The minimum Gasteiger partial charge on any atom is -0.480 e. The lowest BCUT2D eigenvalue weighted by Gasteiger charge is -2.23. The van der Waals surface area contributed by atoms with Crippen LogP contribution in [0.15, 0.2) is 0 Å². The number of carboxylic acid groups (broad SMARTS) is 1. The number of hydrogen-bond donors (Lipinski definition) is 6. The summed E-state index contributed by atoms with van der Waals surface area (Å²) in [7, 11) is 0. The standard InChI is InChI=1S/C18H33N5O6/c1-9(2)7-11(19)16(26)21-8-14(25)22-12(5-6-13(20)24)17(27)23-15(10(3)4)18(28)29/h9-12,15H,5-8,19H2,1-4H3,(H2,20,24)(H,21,26)(H,22,25)(H,23,27)(H,28,29). The average Bonchev–Trinajstić information content (AvgIpc) is 2.59. The molecule has 3 unspecified atom stereocenters. The normalized spacial score (nSPS) is 14.0. The predicted molar refractivity (Wildman–Crippen MR) is 105 cm³/mol. The topological polar surface area (TPSA) is 194 Å². The third kappa shape index (κ3) is 11.0. The van der Waals surface area contributed by atoms with Crippen LogP contribution in [0.1, 0.15) is 47.0 Å². The van der Waals surface area contributed by atoms with Gasteiger partial charge in [-0.3, -0.25) is 19.2 Å². The summed E-state index contributed by atoms with van der Waals surface area (Å²) in [5.41, 5.74) is 10.8. The molecule has 11 nitrogen and oxygen atoms in total. The molecular weight excluding hydrogens is 382 g/mol. The molecular formula is C18H33N5O6. The van der Waals surface area contributed by atoms with Gasteiger partial charge in [0.2, 0.25) is 23.6 Å². The lowest BCUT2D eigenvalue weighted by atomic mass is 10.0. The molecule has 0 fully saturated rings. The lowest BCUT2D eigenvalue weighted by molar-refractivity contribution is -0.143. The molecule has 0 radical (unpaired) electrons. The van der Waals surface area contributed by atoms with Gasteiger partial charge in [0, 0.05) is 6.42 Å². The van der Waals surface area contributed by atoms with E-state index in [0.29, 0.717) is 6.42 Å². The number of hydrogen-bond acceptors (Lipinski definition) is 6. The molecule has 0 aliphatic carbocycles. The third-order valence-electron chi connectivity index (χ3n) is 4.05. The highest BCUT2D eigenvalue weighted by atomic mass is 16.4. The Morgan fingerprint density at radius 2 is 1.55 bits per heavy atom.